The first kappa shape index (κ1) is 8.09. The smallest absolute Gasteiger partial charge is 0.499 e. The van der Waals surface area contributed by atoms with Crippen molar-refractivity contribution < 1.29 is 14.7 Å². The fourth-order valence-electron chi connectivity index (χ4n) is 1.12. The van der Waals surface area contributed by atoms with Crippen molar-refractivity contribution in [1.29, 1.82) is 0 Å². The second kappa shape index (κ2) is 3.08. The van der Waals surface area contributed by atoms with Crippen LogP contribution in [0.25, 0.3) is 10.9 Å². The maximum absolute atomic E-state index is 8.53. The first-order valence-electron chi connectivity index (χ1n) is 3.71. The van der Waals surface area contributed by atoms with Crippen molar-refractivity contribution >= 4 is 18.2 Å². The van der Waals surface area contributed by atoms with Gasteiger partial charge in [-0.3, -0.25) is 4.98 Å². The SMILES string of the molecule is OB(O)Oc1cc2cnccc2[nH]1. The van der Waals surface area contributed by atoms with Crippen LogP contribution in [-0.2, 0) is 0 Å². The number of aromatic nitrogens is 2. The second-order valence-electron chi connectivity index (χ2n) is 2.54. The molecule has 0 amide bonds. The summed E-state index contributed by atoms with van der Waals surface area (Å²) in [6, 6.07) is 3.41. The van der Waals surface area contributed by atoms with Gasteiger partial charge in [0.05, 0.1) is 5.52 Å². The number of nitrogens with zero attached hydrogens (tertiary/aromatic N) is 1. The second-order valence-corrected chi connectivity index (χ2v) is 2.54. The van der Waals surface area contributed by atoms with Gasteiger partial charge in [0.25, 0.3) is 0 Å². The van der Waals surface area contributed by atoms with Gasteiger partial charge >= 0.3 is 7.32 Å². The molecule has 66 valence electrons. The van der Waals surface area contributed by atoms with Gasteiger partial charge in [-0.25, -0.2) is 0 Å². The van der Waals surface area contributed by atoms with Crippen LogP contribution in [0.15, 0.2) is 24.5 Å². The zero-order valence-electron chi connectivity index (χ0n) is 6.64. The summed E-state index contributed by atoms with van der Waals surface area (Å²) in [6.45, 7) is 0. The van der Waals surface area contributed by atoms with Gasteiger partial charge in [0, 0.05) is 23.8 Å². The lowest BCUT2D eigenvalue weighted by Crippen LogP contribution is -2.20. The number of fused-ring (bicyclic) bond motifs is 1. The summed E-state index contributed by atoms with van der Waals surface area (Å²) >= 11 is 0. The third-order valence-corrected chi connectivity index (χ3v) is 1.63. The van der Waals surface area contributed by atoms with Gasteiger partial charge in [0.15, 0.2) is 5.88 Å². The van der Waals surface area contributed by atoms with Gasteiger partial charge in [-0.15, -0.1) is 0 Å². The van der Waals surface area contributed by atoms with Crippen molar-refractivity contribution in [1.82, 2.24) is 9.97 Å². The molecule has 0 atom stereocenters. The number of aromatic amines is 1. The largest absolute Gasteiger partial charge is 0.708 e. The molecule has 0 aliphatic heterocycles. The molecule has 0 radical (unpaired) electrons. The van der Waals surface area contributed by atoms with Crippen LogP contribution in [0.4, 0.5) is 0 Å². The molecule has 0 unspecified atom stereocenters. The Morgan fingerprint density at radius 1 is 1.46 bits per heavy atom. The minimum absolute atomic E-state index is 0.304. The first-order valence-corrected chi connectivity index (χ1v) is 3.71. The lowest BCUT2D eigenvalue weighted by molar-refractivity contribution is 0.284. The standard InChI is InChI=1S/C7H7BN2O3/c11-8(12)13-7-3-5-4-9-2-1-6(5)10-7/h1-4,10-12H. The lowest BCUT2D eigenvalue weighted by atomic mass is 10.3. The number of H-pyrrole nitrogens is 1. The van der Waals surface area contributed by atoms with Crippen molar-refractivity contribution in [3.05, 3.63) is 24.5 Å². The molecule has 0 fully saturated rings. The molecular formula is C7H7BN2O3. The minimum Gasteiger partial charge on any atom is -0.499 e. The number of hydrogen-bond donors (Lipinski definition) is 3. The van der Waals surface area contributed by atoms with Crippen LogP contribution in [0.3, 0.4) is 0 Å². The molecule has 0 spiro atoms. The van der Waals surface area contributed by atoms with E-state index in [9.17, 15) is 0 Å². The van der Waals surface area contributed by atoms with Crippen molar-refractivity contribution in [3.63, 3.8) is 0 Å². The number of pyridine rings is 1. The molecule has 0 aromatic carbocycles. The first-order chi connectivity index (χ1) is 6.25. The summed E-state index contributed by atoms with van der Waals surface area (Å²) in [6.07, 6.45) is 3.29. The minimum atomic E-state index is -1.80. The summed E-state index contributed by atoms with van der Waals surface area (Å²) in [4.78, 5) is 6.75. The Kier molecular flexibility index (Phi) is 1.92. The molecule has 0 aliphatic rings. The zero-order valence-corrected chi connectivity index (χ0v) is 6.64. The molecular weight excluding hydrogens is 171 g/mol. The van der Waals surface area contributed by atoms with E-state index in [2.05, 4.69) is 14.6 Å². The molecule has 2 heterocycles. The number of hydrogen-bond acceptors (Lipinski definition) is 4. The highest BCUT2D eigenvalue weighted by Crippen LogP contribution is 2.18. The third-order valence-electron chi connectivity index (χ3n) is 1.63. The van der Waals surface area contributed by atoms with Crippen LogP contribution in [0, 0.1) is 0 Å². The zero-order chi connectivity index (χ0) is 9.26. The Hall–Kier alpha value is -1.53. The van der Waals surface area contributed by atoms with E-state index in [-0.39, 0.29) is 0 Å². The Labute approximate surface area is 74.2 Å². The van der Waals surface area contributed by atoms with E-state index < -0.39 is 7.32 Å². The van der Waals surface area contributed by atoms with Crippen LogP contribution in [0.5, 0.6) is 5.88 Å². The molecule has 5 nitrogen and oxygen atoms in total. The predicted octanol–water partition coefficient (Wildman–Crippen LogP) is -0.0888. The summed E-state index contributed by atoms with van der Waals surface area (Å²) in [5.41, 5.74) is 0.839. The highest BCUT2D eigenvalue weighted by atomic mass is 16.6. The summed E-state index contributed by atoms with van der Waals surface area (Å²) in [5.74, 6) is 0.304. The van der Waals surface area contributed by atoms with E-state index in [1.54, 1.807) is 24.5 Å². The van der Waals surface area contributed by atoms with Gasteiger partial charge in [-0.2, -0.15) is 0 Å². The van der Waals surface area contributed by atoms with Gasteiger partial charge < -0.3 is 19.7 Å². The molecule has 0 saturated carbocycles. The van der Waals surface area contributed by atoms with E-state index >= 15 is 0 Å². The molecule has 3 N–H and O–H groups in total. The maximum Gasteiger partial charge on any atom is 0.708 e. The number of nitrogens with one attached hydrogen (secondary N) is 1. The molecule has 0 aliphatic carbocycles. The van der Waals surface area contributed by atoms with Crippen molar-refractivity contribution in [3.8, 4) is 5.88 Å². The molecule has 2 aromatic rings. The lowest BCUT2D eigenvalue weighted by Gasteiger charge is -1.98. The van der Waals surface area contributed by atoms with Crippen LogP contribution < -0.4 is 4.65 Å². The van der Waals surface area contributed by atoms with Crippen LogP contribution in [-0.4, -0.2) is 27.3 Å². The van der Waals surface area contributed by atoms with Crippen LogP contribution in [0.2, 0.25) is 0 Å². The van der Waals surface area contributed by atoms with E-state index in [0.717, 1.165) is 10.9 Å². The normalized spacial score (nSPS) is 10.3. The quantitative estimate of drug-likeness (QED) is 0.561. The summed E-state index contributed by atoms with van der Waals surface area (Å²) < 4.78 is 4.63. The number of rotatable bonds is 2. The fraction of sp³-hybridized carbons (Fsp3) is 0. The predicted molar refractivity (Wildman–Crippen MR) is 46.9 cm³/mol. The van der Waals surface area contributed by atoms with Crippen LogP contribution in [0.1, 0.15) is 0 Å². The van der Waals surface area contributed by atoms with E-state index in [0.29, 0.717) is 5.88 Å². The molecule has 0 bridgehead atoms. The monoisotopic (exact) mass is 178 g/mol. The van der Waals surface area contributed by atoms with Crippen molar-refractivity contribution in [2.24, 2.45) is 0 Å². The average molecular weight is 178 g/mol. The third kappa shape index (κ3) is 1.63. The Bertz CT molecular complexity index is 382. The highest BCUT2D eigenvalue weighted by molar-refractivity contribution is 6.33. The van der Waals surface area contributed by atoms with E-state index in [1.807, 2.05) is 0 Å². The Morgan fingerprint density at radius 2 is 2.31 bits per heavy atom. The molecule has 2 aromatic heterocycles. The summed E-state index contributed by atoms with van der Waals surface area (Å²) in [7, 11) is -1.80. The fourth-order valence-corrected chi connectivity index (χ4v) is 1.12. The summed E-state index contributed by atoms with van der Waals surface area (Å²) in [5, 5.41) is 17.9. The molecule has 6 heteroatoms. The van der Waals surface area contributed by atoms with Crippen molar-refractivity contribution in [2.75, 3.05) is 0 Å². The van der Waals surface area contributed by atoms with E-state index in [1.165, 1.54) is 0 Å². The molecule has 2 rings (SSSR count). The maximum atomic E-state index is 8.53. The molecule has 13 heavy (non-hydrogen) atoms. The highest BCUT2D eigenvalue weighted by Gasteiger charge is 2.12. The van der Waals surface area contributed by atoms with E-state index in [4.69, 9.17) is 10.0 Å². The van der Waals surface area contributed by atoms with Gasteiger partial charge in [-0.05, 0) is 6.07 Å². The molecule has 0 saturated heterocycles. The topological polar surface area (TPSA) is 78.4 Å². The van der Waals surface area contributed by atoms with Crippen LogP contribution >= 0.6 is 0 Å². The van der Waals surface area contributed by atoms with Gasteiger partial charge in [0.2, 0.25) is 0 Å². The van der Waals surface area contributed by atoms with Gasteiger partial charge in [0.1, 0.15) is 0 Å². The van der Waals surface area contributed by atoms with Gasteiger partial charge in [-0.1, -0.05) is 0 Å². The Balaban J connectivity index is 2.38. The average Bonchev–Trinajstić information content (AvgIpc) is 2.44. The Morgan fingerprint density at radius 3 is 3.00 bits per heavy atom. The van der Waals surface area contributed by atoms with Crippen molar-refractivity contribution in [2.45, 2.75) is 0 Å².